The van der Waals surface area contributed by atoms with Gasteiger partial charge in [-0.1, -0.05) is 29.8 Å². The van der Waals surface area contributed by atoms with E-state index in [1.165, 1.54) is 0 Å². The Labute approximate surface area is 125 Å². The summed E-state index contributed by atoms with van der Waals surface area (Å²) in [7, 11) is 3.84. The number of ketones is 1. The van der Waals surface area contributed by atoms with Crippen molar-refractivity contribution in [2.24, 2.45) is 0 Å². The molecule has 0 bridgehead atoms. The first-order chi connectivity index (χ1) is 9.99. The highest BCUT2D eigenvalue weighted by molar-refractivity contribution is 6.29. The molecule has 0 fully saturated rings. The average molecular weight is 280 g/mol. The van der Waals surface area contributed by atoms with E-state index in [0.29, 0.717) is 11.1 Å². The first-order valence-corrected chi connectivity index (χ1v) is 6.89. The summed E-state index contributed by atoms with van der Waals surface area (Å²) < 4.78 is 0. The van der Waals surface area contributed by atoms with Crippen molar-refractivity contribution in [1.29, 1.82) is 0 Å². The average Bonchev–Trinajstić information content (AvgIpc) is 2.44. The van der Waals surface area contributed by atoms with Crippen LogP contribution in [0, 0.1) is 13.8 Å². The van der Waals surface area contributed by atoms with Crippen molar-refractivity contribution in [3.63, 3.8) is 0 Å². The fourth-order valence-corrected chi connectivity index (χ4v) is 2.21. The van der Waals surface area contributed by atoms with Crippen LogP contribution < -0.4 is 0 Å². The molecule has 0 N–H and O–H groups in total. The van der Waals surface area contributed by atoms with Crippen LogP contribution in [0.4, 0.5) is 0 Å². The molecule has 1 aromatic heterocycles. The molecule has 0 unspecified atom stereocenters. The number of carbonyl (C=O) groups is 1. The maximum absolute atomic E-state index is 12.9. The quantitative estimate of drug-likeness (QED) is 0.635. The number of allylic oxidation sites excluding steroid dienone is 1. The number of hydrogen-bond donors (Lipinski definition) is 0. The van der Waals surface area contributed by atoms with Gasteiger partial charge in [-0.25, -0.2) is 0 Å². The maximum atomic E-state index is 12.9. The van der Waals surface area contributed by atoms with Crippen LogP contribution in [0.5, 0.6) is 0 Å². The molecular formula is C18H20N2O. The minimum absolute atomic E-state index is 0.0224. The standard InChI is InChI=1S/C18H20N2O/c1-13-6-5-7-15(10-13)17(12-20(3)4)18(21)16-8-9-19-11-14(16)2/h5-12H,1-4H3/b17-12+. The van der Waals surface area contributed by atoms with E-state index in [0.717, 1.165) is 16.7 Å². The molecule has 1 heterocycles. The number of nitrogens with zero attached hydrogens (tertiary/aromatic N) is 2. The summed E-state index contributed by atoms with van der Waals surface area (Å²) >= 11 is 0. The SMILES string of the molecule is Cc1cccc(/C(=C\N(C)C)C(=O)c2ccncc2C)c1. The van der Waals surface area contributed by atoms with Crippen LogP contribution in [0.2, 0.25) is 0 Å². The number of Topliss-reactive ketones (excluding diaryl/α,β-unsaturated/α-hetero) is 1. The summed E-state index contributed by atoms with van der Waals surface area (Å²) in [5.74, 6) is 0.0224. The van der Waals surface area contributed by atoms with E-state index in [1.807, 2.05) is 63.3 Å². The number of rotatable bonds is 4. The van der Waals surface area contributed by atoms with Crippen LogP contribution in [0.1, 0.15) is 27.0 Å². The lowest BCUT2D eigenvalue weighted by atomic mass is 9.95. The second-order valence-electron chi connectivity index (χ2n) is 5.40. The van der Waals surface area contributed by atoms with Gasteiger partial charge in [-0.3, -0.25) is 9.78 Å². The minimum atomic E-state index is 0.0224. The molecule has 0 aliphatic rings. The van der Waals surface area contributed by atoms with E-state index < -0.39 is 0 Å². The van der Waals surface area contributed by atoms with Gasteiger partial charge in [0, 0.05) is 43.8 Å². The molecule has 2 aromatic rings. The second-order valence-corrected chi connectivity index (χ2v) is 5.40. The molecule has 108 valence electrons. The van der Waals surface area contributed by atoms with Crippen LogP contribution in [0.25, 0.3) is 5.57 Å². The highest BCUT2D eigenvalue weighted by atomic mass is 16.1. The van der Waals surface area contributed by atoms with Crippen LogP contribution >= 0.6 is 0 Å². The third-order valence-electron chi connectivity index (χ3n) is 3.23. The monoisotopic (exact) mass is 280 g/mol. The number of carbonyl (C=O) groups excluding carboxylic acids is 1. The molecule has 0 aliphatic carbocycles. The van der Waals surface area contributed by atoms with Crippen molar-refractivity contribution in [3.8, 4) is 0 Å². The van der Waals surface area contributed by atoms with Crippen molar-refractivity contribution < 1.29 is 4.79 Å². The molecule has 0 amide bonds. The van der Waals surface area contributed by atoms with Crippen molar-refractivity contribution in [3.05, 3.63) is 71.2 Å². The van der Waals surface area contributed by atoms with Gasteiger partial charge < -0.3 is 4.90 Å². The Morgan fingerprint density at radius 2 is 1.95 bits per heavy atom. The summed E-state index contributed by atoms with van der Waals surface area (Å²) in [6, 6.07) is 9.78. The fourth-order valence-electron chi connectivity index (χ4n) is 2.21. The van der Waals surface area contributed by atoms with Crippen molar-refractivity contribution in [2.45, 2.75) is 13.8 Å². The zero-order valence-corrected chi connectivity index (χ0v) is 12.9. The summed E-state index contributed by atoms with van der Waals surface area (Å²) in [6.45, 7) is 3.93. The normalized spacial score (nSPS) is 11.3. The minimum Gasteiger partial charge on any atom is -0.383 e. The summed E-state index contributed by atoms with van der Waals surface area (Å²) in [6.07, 6.45) is 5.25. The Morgan fingerprint density at radius 3 is 2.57 bits per heavy atom. The van der Waals surface area contributed by atoms with E-state index >= 15 is 0 Å². The van der Waals surface area contributed by atoms with Gasteiger partial charge in [0.2, 0.25) is 0 Å². The van der Waals surface area contributed by atoms with Crippen molar-refractivity contribution in [2.75, 3.05) is 14.1 Å². The Kier molecular flexibility index (Phi) is 4.53. The van der Waals surface area contributed by atoms with E-state index in [4.69, 9.17) is 0 Å². The molecule has 0 atom stereocenters. The van der Waals surface area contributed by atoms with Crippen LogP contribution in [0.3, 0.4) is 0 Å². The van der Waals surface area contributed by atoms with E-state index in [-0.39, 0.29) is 5.78 Å². The highest BCUT2D eigenvalue weighted by Gasteiger charge is 2.16. The van der Waals surface area contributed by atoms with Crippen molar-refractivity contribution in [1.82, 2.24) is 9.88 Å². The fraction of sp³-hybridized carbons (Fsp3) is 0.222. The molecule has 0 radical (unpaired) electrons. The van der Waals surface area contributed by atoms with Crippen LogP contribution in [0.15, 0.2) is 48.9 Å². The smallest absolute Gasteiger partial charge is 0.195 e. The molecular weight excluding hydrogens is 260 g/mol. The van der Waals surface area contributed by atoms with Crippen LogP contribution in [-0.2, 0) is 0 Å². The number of aromatic nitrogens is 1. The summed E-state index contributed by atoms with van der Waals surface area (Å²) in [5.41, 5.74) is 4.35. The molecule has 3 heteroatoms. The van der Waals surface area contributed by atoms with Gasteiger partial charge in [-0.15, -0.1) is 0 Å². The Balaban J connectivity index is 2.52. The lowest BCUT2D eigenvalue weighted by molar-refractivity contribution is 0.105. The molecule has 0 spiro atoms. The lowest BCUT2D eigenvalue weighted by Gasteiger charge is -2.13. The second kappa shape index (κ2) is 6.35. The van der Waals surface area contributed by atoms with Gasteiger partial charge in [-0.2, -0.15) is 0 Å². The number of hydrogen-bond acceptors (Lipinski definition) is 3. The summed E-state index contributed by atoms with van der Waals surface area (Å²) in [4.78, 5) is 18.8. The largest absolute Gasteiger partial charge is 0.383 e. The van der Waals surface area contributed by atoms with Gasteiger partial charge in [0.05, 0.1) is 0 Å². The third kappa shape index (κ3) is 3.57. The zero-order valence-electron chi connectivity index (χ0n) is 12.9. The molecule has 0 aliphatic heterocycles. The number of aryl methyl sites for hydroxylation is 2. The van der Waals surface area contributed by atoms with E-state index in [2.05, 4.69) is 4.98 Å². The highest BCUT2D eigenvalue weighted by Crippen LogP contribution is 2.22. The molecule has 0 saturated heterocycles. The van der Waals surface area contributed by atoms with E-state index in [9.17, 15) is 4.79 Å². The van der Waals surface area contributed by atoms with Gasteiger partial charge >= 0.3 is 0 Å². The van der Waals surface area contributed by atoms with Gasteiger partial charge in [0.1, 0.15) is 0 Å². The molecule has 21 heavy (non-hydrogen) atoms. The predicted octanol–water partition coefficient (Wildman–Crippen LogP) is 3.48. The summed E-state index contributed by atoms with van der Waals surface area (Å²) in [5, 5.41) is 0. The van der Waals surface area contributed by atoms with Crippen molar-refractivity contribution >= 4 is 11.4 Å². The number of benzene rings is 1. The first-order valence-electron chi connectivity index (χ1n) is 6.89. The Hall–Kier alpha value is -2.42. The van der Waals surface area contributed by atoms with Crippen LogP contribution in [-0.4, -0.2) is 29.8 Å². The molecule has 3 nitrogen and oxygen atoms in total. The van der Waals surface area contributed by atoms with Gasteiger partial charge in [-0.05, 0) is 31.0 Å². The van der Waals surface area contributed by atoms with E-state index in [1.54, 1.807) is 18.5 Å². The molecule has 2 rings (SSSR count). The lowest BCUT2D eigenvalue weighted by Crippen LogP contribution is -2.10. The predicted molar refractivity (Wildman–Crippen MR) is 86.1 cm³/mol. The first kappa shape index (κ1) is 15.0. The van der Waals surface area contributed by atoms with Gasteiger partial charge in [0.15, 0.2) is 5.78 Å². The number of pyridine rings is 1. The Morgan fingerprint density at radius 1 is 1.19 bits per heavy atom. The maximum Gasteiger partial charge on any atom is 0.195 e. The molecule has 0 saturated carbocycles. The zero-order chi connectivity index (χ0) is 15.4. The molecule has 1 aromatic carbocycles. The van der Waals surface area contributed by atoms with Gasteiger partial charge in [0.25, 0.3) is 0 Å². The third-order valence-corrected chi connectivity index (χ3v) is 3.23. The topological polar surface area (TPSA) is 33.2 Å². The Bertz CT molecular complexity index is 687.